The lowest BCUT2D eigenvalue weighted by atomic mass is 10.3. The summed E-state index contributed by atoms with van der Waals surface area (Å²) in [5, 5.41) is 5.89. The summed E-state index contributed by atoms with van der Waals surface area (Å²) in [5.74, 6) is 0.268. The Hall–Kier alpha value is -3.46. The van der Waals surface area contributed by atoms with Crippen LogP contribution in [0, 0.1) is 0 Å². The first-order chi connectivity index (χ1) is 14.0. The summed E-state index contributed by atoms with van der Waals surface area (Å²) < 4.78 is 6.15. The SMILES string of the molecule is CCOc1ccc(NC(=O)Nc2ccc3nc(N4C(=O)CCC4=O)sc3c2)cc1. The molecule has 0 radical (unpaired) electrons. The molecule has 8 nitrogen and oxygen atoms in total. The zero-order valence-corrected chi connectivity index (χ0v) is 16.4. The molecule has 0 bridgehead atoms. The number of urea groups is 1. The van der Waals surface area contributed by atoms with Crippen LogP contribution in [0.25, 0.3) is 10.2 Å². The van der Waals surface area contributed by atoms with E-state index in [-0.39, 0.29) is 30.7 Å². The van der Waals surface area contributed by atoms with Gasteiger partial charge in [-0.15, -0.1) is 0 Å². The van der Waals surface area contributed by atoms with Gasteiger partial charge >= 0.3 is 6.03 Å². The van der Waals surface area contributed by atoms with Crippen molar-refractivity contribution in [2.75, 3.05) is 22.1 Å². The number of anilines is 3. The molecule has 4 rings (SSSR count). The minimum Gasteiger partial charge on any atom is -0.494 e. The van der Waals surface area contributed by atoms with Crippen LogP contribution in [0.1, 0.15) is 19.8 Å². The van der Waals surface area contributed by atoms with Gasteiger partial charge in [0.15, 0.2) is 5.13 Å². The number of hydrogen-bond acceptors (Lipinski definition) is 6. The number of thiazole rings is 1. The van der Waals surface area contributed by atoms with E-state index in [0.717, 1.165) is 15.3 Å². The van der Waals surface area contributed by atoms with Crippen LogP contribution in [0.2, 0.25) is 0 Å². The number of hydrogen-bond donors (Lipinski definition) is 2. The zero-order valence-electron chi connectivity index (χ0n) is 15.6. The van der Waals surface area contributed by atoms with Gasteiger partial charge in [0, 0.05) is 24.2 Å². The lowest BCUT2D eigenvalue weighted by molar-refractivity contribution is -0.121. The fourth-order valence-electron chi connectivity index (χ4n) is 2.97. The molecule has 1 aromatic heterocycles. The maximum absolute atomic E-state index is 12.3. The number of fused-ring (bicyclic) bond motifs is 1. The predicted octanol–water partition coefficient (Wildman–Crippen LogP) is 3.99. The number of rotatable bonds is 5. The summed E-state index contributed by atoms with van der Waals surface area (Å²) in [6.07, 6.45) is 0.431. The van der Waals surface area contributed by atoms with Crippen LogP contribution in [-0.4, -0.2) is 29.4 Å². The first kappa shape index (κ1) is 18.9. The van der Waals surface area contributed by atoms with Gasteiger partial charge in [0.1, 0.15) is 5.75 Å². The van der Waals surface area contributed by atoms with E-state index in [0.29, 0.717) is 28.6 Å². The summed E-state index contributed by atoms with van der Waals surface area (Å²) >= 11 is 1.24. The molecule has 2 aromatic carbocycles. The predicted molar refractivity (Wildman–Crippen MR) is 112 cm³/mol. The second-order valence-corrected chi connectivity index (χ2v) is 7.35. The van der Waals surface area contributed by atoms with Crippen molar-refractivity contribution in [3.8, 4) is 5.75 Å². The Kier molecular flexibility index (Phi) is 5.13. The fraction of sp³-hybridized carbons (Fsp3) is 0.200. The molecule has 1 fully saturated rings. The van der Waals surface area contributed by atoms with Gasteiger partial charge in [-0.2, -0.15) is 0 Å². The fourth-order valence-corrected chi connectivity index (χ4v) is 4.01. The molecule has 2 N–H and O–H groups in total. The van der Waals surface area contributed by atoms with Crippen LogP contribution in [-0.2, 0) is 9.59 Å². The molecular weight excluding hydrogens is 392 g/mol. The van der Waals surface area contributed by atoms with E-state index in [1.165, 1.54) is 11.3 Å². The highest BCUT2D eigenvalue weighted by Crippen LogP contribution is 2.33. The minimum atomic E-state index is -0.386. The van der Waals surface area contributed by atoms with E-state index < -0.39 is 0 Å². The third-order valence-electron chi connectivity index (χ3n) is 4.30. The summed E-state index contributed by atoms with van der Waals surface area (Å²) in [6.45, 7) is 2.48. The molecule has 0 aliphatic carbocycles. The van der Waals surface area contributed by atoms with Crippen molar-refractivity contribution in [2.45, 2.75) is 19.8 Å². The number of aromatic nitrogens is 1. The lowest BCUT2D eigenvalue weighted by Gasteiger charge is -2.08. The average Bonchev–Trinajstić information content (AvgIpc) is 3.25. The van der Waals surface area contributed by atoms with E-state index in [4.69, 9.17) is 4.74 Å². The zero-order chi connectivity index (χ0) is 20.4. The van der Waals surface area contributed by atoms with Crippen LogP contribution in [0.3, 0.4) is 0 Å². The molecule has 1 saturated heterocycles. The Labute approximate surface area is 170 Å². The van der Waals surface area contributed by atoms with Gasteiger partial charge in [-0.3, -0.25) is 9.59 Å². The topological polar surface area (TPSA) is 101 Å². The maximum Gasteiger partial charge on any atom is 0.323 e. The Morgan fingerprint density at radius 1 is 1.07 bits per heavy atom. The normalized spacial score (nSPS) is 13.8. The first-order valence-corrected chi connectivity index (χ1v) is 9.92. The molecule has 0 unspecified atom stereocenters. The molecule has 9 heteroatoms. The highest BCUT2D eigenvalue weighted by Gasteiger charge is 2.32. The van der Waals surface area contributed by atoms with Crippen LogP contribution >= 0.6 is 11.3 Å². The number of imide groups is 1. The number of benzene rings is 2. The monoisotopic (exact) mass is 410 g/mol. The third-order valence-corrected chi connectivity index (χ3v) is 5.30. The van der Waals surface area contributed by atoms with E-state index in [2.05, 4.69) is 15.6 Å². The van der Waals surface area contributed by atoms with Crippen molar-refractivity contribution in [3.05, 3.63) is 42.5 Å². The Bertz CT molecular complexity index is 1080. The van der Waals surface area contributed by atoms with Gasteiger partial charge in [-0.05, 0) is 49.4 Å². The number of nitrogens with one attached hydrogen (secondary N) is 2. The van der Waals surface area contributed by atoms with Crippen LogP contribution < -0.4 is 20.3 Å². The van der Waals surface area contributed by atoms with Crippen molar-refractivity contribution >= 4 is 55.9 Å². The summed E-state index contributed by atoms with van der Waals surface area (Å²) in [7, 11) is 0. The second-order valence-electron chi connectivity index (χ2n) is 6.34. The van der Waals surface area contributed by atoms with Crippen LogP contribution in [0.4, 0.5) is 21.3 Å². The third kappa shape index (κ3) is 4.04. The number of carbonyl (C=O) groups is 3. The molecule has 148 valence electrons. The molecular formula is C20H18N4O4S. The van der Waals surface area contributed by atoms with Gasteiger partial charge < -0.3 is 15.4 Å². The quantitative estimate of drug-likeness (QED) is 0.620. The molecule has 0 saturated carbocycles. The van der Waals surface area contributed by atoms with E-state index in [1.54, 1.807) is 42.5 Å². The van der Waals surface area contributed by atoms with Crippen molar-refractivity contribution < 1.29 is 19.1 Å². The first-order valence-electron chi connectivity index (χ1n) is 9.11. The highest BCUT2D eigenvalue weighted by molar-refractivity contribution is 7.22. The summed E-state index contributed by atoms with van der Waals surface area (Å²) in [6, 6.07) is 11.9. The van der Waals surface area contributed by atoms with Crippen molar-refractivity contribution in [2.24, 2.45) is 0 Å². The molecule has 4 amide bonds. The number of ether oxygens (including phenoxy) is 1. The molecule has 3 aromatic rings. The van der Waals surface area contributed by atoms with E-state index in [1.807, 2.05) is 6.92 Å². The van der Waals surface area contributed by atoms with Gasteiger partial charge in [0.25, 0.3) is 0 Å². The molecule has 2 heterocycles. The lowest BCUT2D eigenvalue weighted by Crippen LogP contribution is -2.28. The Morgan fingerprint density at radius 2 is 1.72 bits per heavy atom. The van der Waals surface area contributed by atoms with Crippen molar-refractivity contribution in [1.82, 2.24) is 4.98 Å². The van der Waals surface area contributed by atoms with Gasteiger partial charge in [-0.1, -0.05) is 11.3 Å². The molecule has 1 aliphatic rings. The number of nitrogens with zero attached hydrogens (tertiary/aromatic N) is 2. The van der Waals surface area contributed by atoms with Gasteiger partial charge in [0.2, 0.25) is 11.8 Å². The minimum absolute atomic E-state index is 0.216. The van der Waals surface area contributed by atoms with Crippen LogP contribution in [0.15, 0.2) is 42.5 Å². The summed E-state index contributed by atoms with van der Waals surface area (Å²) in [4.78, 5) is 41.6. The Morgan fingerprint density at radius 3 is 2.41 bits per heavy atom. The van der Waals surface area contributed by atoms with Crippen molar-refractivity contribution in [3.63, 3.8) is 0 Å². The highest BCUT2D eigenvalue weighted by atomic mass is 32.1. The van der Waals surface area contributed by atoms with Crippen LogP contribution in [0.5, 0.6) is 5.75 Å². The molecule has 0 spiro atoms. The molecule has 0 atom stereocenters. The number of amides is 4. The molecule has 29 heavy (non-hydrogen) atoms. The summed E-state index contributed by atoms with van der Waals surface area (Å²) in [5.41, 5.74) is 1.88. The van der Waals surface area contributed by atoms with Gasteiger partial charge in [-0.25, -0.2) is 14.7 Å². The average molecular weight is 410 g/mol. The standard InChI is InChI=1S/C20H18N4O4S/c1-2-28-14-6-3-12(4-7-14)21-19(27)22-13-5-8-15-16(11-13)29-20(23-15)24-17(25)9-10-18(24)26/h3-8,11H,2,9-10H2,1H3,(H2,21,22,27). The molecule has 1 aliphatic heterocycles. The maximum atomic E-state index is 12.3. The largest absolute Gasteiger partial charge is 0.494 e. The number of carbonyl (C=O) groups excluding carboxylic acids is 3. The van der Waals surface area contributed by atoms with E-state index >= 15 is 0 Å². The van der Waals surface area contributed by atoms with Gasteiger partial charge in [0.05, 0.1) is 16.8 Å². The Balaban J connectivity index is 1.46. The van der Waals surface area contributed by atoms with Crippen molar-refractivity contribution in [1.29, 1.82) is 0 Å². The smallest absolute Gasteiger partial charge is 0.323 e. The van der Waals surface area contributed by atoms with E-state index in [9.17, 15) is 14.4 Å². The second kappa shape index (κ2) is 7.88.